The largest absolute Gasteiger partial charge is 0.493 e. The fourth-order valence-corrected chi connectivity index (χ4v) is 3.18. The summed E-state index contributed by atoms with van der Waals surface area (Å²) in [5.41, 5.74) is 5.46. The minimum atomic E-state index is -0.624. The summed E-state index contributed by atoms with van der Waals surface area (Å²) in [4.78, 5) is 23.4. The Morgan fingerprint density at radius 1 is 1.33 bits per heavy atom. The number of ether oxygens (including phenoxy) is 2. The van der Waals surface area contributed by atoms with Crippen LogP contribution < -0.4 is 20.5 Å². The molecule has 1 aromatic carbocycles. The standard InChI is InChI=1S/C17H23ClN2O4/c1-10-5-3-4-6-13(10)20-17(22)11-7-12(18)16(14(8-11)23-2)24-9-15(19)21/h7-8,10,13H,3-6,9H2,1-2H3,(H2,19,21)(H,20,22). The van der Waals surface area contributed by atoms with E-state index >= 15 is 0 Å². The first kappa shape index (κ1) is 18.4. The van der Waals surface area contributed by atoms with E-state index in [1.807, 2.05) is 0 Å². The van der Waals surface area contributed by atoms with E-state index in [-0.39, 0.29) is 35.1 Å². The van der Waals surface area contributed by atoms with Crippen LogP contribution >= 0.6 is 11.6 Å². The average molecular weight is 355 g/mol. The van der Waals surface area contributed by atoms with Crippen LogP contribution in [0.3, 0.4) is 0 Å². The van der Waals surface area contributed by atoms with E-state index in [9.17, 15) is 9.59 Å². The van der Waals surface area contributed by atoms with E-state index in [0.717, 1.165) is 19.3 Å². The van der Waals surface area contributed by atoms with E-state index in [1.165, 1.54) is 19.6 Å². The summed E-state index contributed by atoms with van der Waals surface area (Å²) in [6.07, 6.45) is 4.44. The number of halogens is 1. The number of carbonyl (C=O) groups excluding carboxylic acids is 2. The van der Waals surface area contributed by atoms with E-state index in [2.05, 4.69) is 12.2 Å². The van der Waals surface area contributed by atoms with E-state index in [0.29, 0.717) is 11.5 Å². The number of methoxy groups -OCH3 is 1. The van der Waals surface area contributed by atoms with Crippen LogP contribution in [-0.4, -0.2) is 31.6 Å². The van der Waals surface area contributed by atoms with Crippen molar-refractivity contribution in [1.29, 1.82) is 0 Å². The highest BCUT2D eigenvalue weighted by molar-refractivity contribution is 6.32. The molecule has 2 rings (SSSR count). The van der Waals surface area contributed by atoms with Crippen molar-refractivity contribution in [3.63, 3.8) is 0 Å². The molecule has 1 fully saturated rings. The first-order valence-corrected chi connectivity index (χ1v) is 8.39. The number of amides is 2. The molecule has 24 heavy (non-hydrogen) atoms. The SMILES string of the molecule is COc1cc(C(=O)NC2CCCCC2C)cc(Cl)c1OCC(N)=O. The number of nitrogens with two attached hydrogens (primary N) is 1. The maximum atomic E-state index is 12.5. The van der Waals surface area contributed by atoms with Gasteiger partial charge in [0.05, 0.1) is 12.1 Å². The van der Waals surface area contributed by atoms with Crippen LogP contribution in [0.5, 0.6) is 11.5 Å². The predicted molar refractivity (Wildman–Crippen MR) is 91.6 cm³/mol. The molecule has 132 valence electrons. The molecule has 3 N–H and O–H groups in total. The van der Waals surface area contributed by atoms with Crippen LogP contribution in [0.1, 0.15) is 43.0 Å². The third-order valence-electron chi connectivity index (χ3n) is 4.28. The molecule has 0 radical (unpaired) electrons. The summed E-state index contributed by atoms with van der Waals surface area (Å²) in [5.74, 6) is 0.112. The zero-order valence-corrected chi connectivity index (χ0v) is 14.7. The number of carbonyl (C=O) groups is 2. The molecule has 1 aliphatic carbocycles. The highest BCUT2D eigenvalue weighted by Crippen LogP contribution is 2.36. The number of benzene rings is 1. The number of nitrogens with one attached hydrogen (secondary N) is 1. The van der Waals surface area contributed by atoms with E-state index in [1.54, 1.807) is 6.07 Å². The Morgan fingerprint density at radius 3 is 2.67 bits per heavy atom. The molecular weight excluding hydrogens is 332 g/mol. The van der Waals surface area contributed by atoms with Crippen LogP contribution in [0.15, 0.2) is 12.1 Å². The predicted octanol–water partition coefficient (Wildman–Crippen LogP) is 2.52. The van der Waals surface area contributed by atoms with Crippen molar-refractivity contribution in [3.05, 3.63) is 22.7 Å². The third kappa shape index (κ3) is 4.54. The molecule has 1 saturated carbocycles. The first-order chi connectivity index (χ1) is 11.4. The topological polar surface area (TPSA) is 90.7 Å². The Kier molecular flexibility index (Phi) is 6.31. The van der Waals surface area contributed by atoms with Crippen LogP contribution in [-0.2, 0) is 4.79 Å². The third-order valence-corrected chi connectivity index (χ3v) is 4.56. The smallest absolute Gasteiger partial charge is 0.255 e. The molecule has 1 aromatic rings. The lowest BCUT2D eigenvalue weighted by molar-refractivity contribution is -0.119. The summed E-state index contributed by atoms with van der Waals surface area (Å²) >= 11 is 6.18. The van der Waals surface area contributed by atoms with Crippen LogP contribution in [0.25, 0.3) is 0 Å². The second-order valence-corrected chi connectivity index (χ2v) is 6.49. The maximum Gasteiger partial charge on any atom is 0.255 e. The molecule has 2 amide bonds. The lowest BCUT2D eigenvalue weighted by atomic mass is 9.86. The Hall–Kier alpha value is -1.95. The molecule has 6 nitrogen and oxygen atoms in total. The van der Waals surface area contributed by atoms with E-state index < -0.39 is 5.91 Å². The average Bonchev–Trinajstić information content (AvgIpc) is 2.54. The molecule has 2 atom stereocenters. The van der Waals surface area contributed by atoms with Gasteiger partial charge in [0.25, 0.3) is 11.8 Å². The van der Waals surface area contributed by atoms with Crippen molar-refractivity contribution >= 4 is 23.4 Å². The van der Waals surface area contributed by atoms with E-state index in [4.69, 9.17) is 26.8 Å². The number of primary amides is 1. The quantitative estimate of drug-likeness (QED) is 0.821. The Bertz CT molecular complexity index is 621. The molecule has 2 unspecified atom stereocenters. The van der Waals surface area contributed by atoms with Crippen molar-refractivity contribution in [2.24, 2.45) is 11.7 Å². The minimum Gasteiger partial charge on any atom is -0.493 e. The zero-order valence-electron chi connectivity index (χ0n) is 13.9. The lowest BCUT2D eigenvalue weighted by Crippen LogP contribution is -2.41. The van der Waals surface area contributed by atoms with Gasteiger partial charge in [0, 0.05) is 11.6 Å². The second kappa shape index (κ2) is 8.24. The fourth-order valence-electron chi connectivity index (χ4n) is 2.92. The Morgan fingerprint density at radius 2 is 2.04 bits per heavy atom. The highest BCUT2D eigenvalue weighted by Gasteiger charge is 2.24. The van der Waals surface area contributed by atoms with Gasteiger partial charge in [0.2, 0.25) is 0 Å². The summed E-state index contributed by atoms with van der Waals surface area (Å²) in [6.45, 7) is 1.83. The van der Waals surface area contributed by atoms with Gasteiger partial charge in [-0.25, -0.2) is 0 Å². The van der Waals surface area contributed by atoms with Crippen molar-refractivity contribution in [3.8, 4) is 11.5 Å². The van der Waals surface area contributed by atoms with Gasteiger partial charge in [-0.2, -0.15) is 0 Å². The van der Waals surface area contributed by atoms with Gasteiger partial charge in [0.15, 0.2) is 18.1 Å². The van der Waals surface area contributed by atoms with Crippen LogP contribution in [0, 0.1) is 5.92 Å². The molecular formula is C17H23ClN2O4. The van der Waals surface area contributed by atoms with Gasteiger partial charge in [0.1, 0.15) is 0 Å². The van der Waals surface area contributed by atoms with Gasteiger partial charge in [-0.3, -0.25) is 9.59 Å². The summed E-state index contributed by atoms with van der Waals surface area (Å²) < 4.78 is 10.5. The Labute approximate surface area is 146 Å². The highest BCUT2D eigenvalue weighted by atomic mass is 35.5. The van der Waals surface area contributed by atoms with Gasteiger partial charge < -0.3 is 20.5 Å². The normalized spacial score (nSPS) is 20.3. The number of rotatable bonds is 6. The molecule has 0 spiro atoms. The molecule has 0 bridgehead atoms. The number of hydrogen-bond acceptors (Lipinski definition) is 4. The molecule has 0 aliphatic heterocycles. The monoisotopic (exact) mass is 354 g/mol. The molecule has 7 heteroatoms. The molecule has 0 heterocycles. The van der Waals surface area contributed by atoms with Crippen molar-refractivity contribution in [1.82, 2.24) is 5.32 Å². The zero-order chi connectivity index (χ0) is 17.7. The maximum absolute atomic E-state index is 12.5. The Balaban J connectivity index is 2.16. The van der Waals surface area contributed by atoms with Crippen LogP contribution in [0.2, 0.25) is 5.02 Å². The summed E-state index contributed by atoms with van der Waals surface area (Å²) in [6, 6.07) is 3.22. The summed E-state index contributed by atoms with van der Waals surface area (Å²) in [7, 11) is 1.44. The van der Waals surface area contributed by atoms with Gasteiger partial charge in [-0.1, -0.05) is 31.4 Å². The van der Waals surface area contributed by atoms with Crippen LogP contribution in [0.4, 0.5) is 0 Å². The van der Waals surface area contributed by atoms with Crippen molar-refractivity contribution < 1.29 is 19.1 Å². The first-order valence-electron chi connectivity index (χ1n) is 8.02. The minimum absolute atomic E-state index is 0.168. The molecule has 0 aromatic heterocycles. The molecule has 0 saturated heterocycles. The lowest BCUT2D eigenvalue weighted by Gasteiger charge is -2.29. The number of hydrogen-bond donors (Lipinski definition) is 2. The van der Waals surface area contributed by atoms with Gasteiger partial charge in [-0.05, 0) is 30.9 Å². The van der Waals surface area contributed by atoms with Crippen molar-refractivity contribution in [2.45, 2.75) is 38.6 Å². The summed E-state index contributed by atoms with van der Waals surface area (Å²) in [5, 5.41) is 3.26. The second-order valence-electron chi connectivity index (χ2n) is 6.09. The van der Waals surface area contributed by atoms with Crippen molar-refractivity contribution in [2.75, 3.05) is 13.7 Å². The fraction of sp³-hybridized carbons (Fsp3) is 0.529. The van der Waals surface area contributed by atoms with Gasteiger partial charge in [-0.15, -0.1) is 0 Å². The van der Waals surface area contributed by atoms with Gasteiger partial charge >= 0.3 is 0 Å². The molecule has 1 aliphatic rings.